The Hall–Kier alpha value is -6.18. The third-order valence-corrected chi connectivity index (χ3v) is 15.4. The summed E-state index contributed by atoms with van der Waals surface area (Å²) in [6.45, 7) is 4.66. The van der Waals surface area contributed by atoms with Gasteiger partial charge in [-0.15, -0.1) is 0 Å². The number of halogens is 3. The molecule has 2 aromatic carbocycles. The number of aromatic amines is 1. The van der Waals surface area contributed by atoms with Gasteiger partial charge in [0.25, 0.3) is 5.91 Å². The summed E-state index contributed by atoms with van der Waals surface area (Å²) in [6, 6.07) is 12.7. The molecule has 1 unspecified atom stereocenters. The molecule has 0 bridgehead atoms. The van der Waals surface area contributed by atoms with E-state index in [9.17, 15) is 32.0 Å². The lowest BCUT2D eigenvalue weighted by atomic mass is 9.87. The molecule has 4 fully saturated rings. The van der Waals surface area contributed by atoms with Crippen molar-refractivity contribution in [2.75, 3.05) is 55.4 Å². The highest BCUT2D eigenvalue weighted by molar-refractivity contribution is 7.90. The Morgan fingerprint density at radius 1 is 0.864 bits per heavy atom. The van der Waals surface area contributed by atoms with E-state index < -0.39 is 63.5 Å². The Balaban J connectivity index is 0.730. The molecule has 19 heteroatoms. The third-order valence-electron chi connectivity index (χ3n) is 13.9. The van der Waals surface area contributed by atoms with Crippen LogP contribution in [0.3, 0.4) is 0 Å². The van der Waals surface area contributed by atoms with Gasteiger partial charge in [0, 0.05) is 91.9 Å². The summed E-state index contributed by atoms with van der Waals surface area (Å²) in [5, 5.41) is 2.68. The number of rotatable bonds is 11. The van der Waals surface area contributed by atoms with Crippen molar-refractivity contribution in [1.82, 2.24) is 34.4 Å². The molecule has 5 aromatic rings. The Morgan fingerprint density at radius 2 is 1.65 bits per heavy atom. The van der Waals surface area contributed by atoms with E-state index in [0.29, 0.717) is 47.0 Å². The van der Waals surface area contributed by atoms with Gasteiger partial charge < -0.3 is 19.7 Å². The first-order valence-corrected chi connectivity index (χ1v) is 23.9. The molecule has 3 aromatic heterocycles. The van der Waals surface area contributed by atoms with Crippen molar-refractivity contribution >= 4 is 56.3 Å². The molecule has 8 heterocycles. The first-order chi connectivity index (χ1) is 31.8. The highest BCUT2D eigenvalue weighted by Crippen LogP contribution is 2.36. The lowest BCUT2D eigenvalue weighted by molar-refractivity contribution is -0.136. The number of carbonyl (C=O) groups excluding carboxylic acids is 4. The van der Waals surface area contributed by atoms with Gasteiger partial charge in [0.1, 0.15) is 29.5 Å². The number of pyridine rings is 2. The second kappa shape index (κ2) is 17.6. The topological polar surface area (TPSA) is 181 Å². The average Bonchev–Trinajstić information content (AvgIpc) is 4.04. The lowest BCUT2D eigenvalue weighted by Gasteiger charge is -2.38. The lowest BCUT2D eigenvalue weighted by Crippen LogP contribution is -2.52. The minimum absolute atomic E-state index is 0.000767. The van der Waals surface area contributed by atoms with Crippen LogP contribution in [0.25, 0.3) is 22.2 Å². The van der Waals surface area contributed by atoms with E-state index in [1.165, 1.54) is 11.8 Å². The van der Waals surface area contributed by atoms with Gasteiger partial charge in [-0.3, -0.25) is 29.2 Å². The van der Waals surface area contributed by atoms with Crippen LogP contribution in [0.4, 0.5) is 24.7 Å². The van der Waals surface area contributed by atoms with Crippen LogP contribution in [0.5, 0.6) is 0 Å². The van der Waals surface area contributed by atoms with E-state index in [0.717, 1.165) is 91.8 Å². The predicted molar refractivity (Wildman–Crippen MR) is 239 cm³/mol. The number of alkyl halides is 1. The molecule has 2 atom stereocenters. The van der Waals surface area contributed by atoms with Crippen molar-refractivity contribution in [2.24, 2.45) is 5.92 Å². The molecule has 10 rings (SSSR count). The maximum absolute atomic E-state index is 15.8. The Bertz CT molecular complexity index is 2860. The number of H-pyrrole nitrogens is 1. The summed E-state index contributed by atoms with van der Waals surface area (Å²) in [6.07, 6.45) is 8.01. The van der Waals surface area contributed by atoms with Crippen LogP contribution in [0.1, 0.15) is 88.3 Å². The second-order valence-electron chi connectivity index (χ2n) is 18.0. The fraction of sp³-hybridized carbons (Fsp3) is 0.404. The number of nitrogens with one attached hydrogen (secondary N) is 3. The van der Waals surface area contributed by atoms with Crippen molar-refractivity contribution in [3.63, 3.8) is 0 Å². The van der Waals surface area contributed by atoms with Gasteiger partial charge in [-0.25, -0.2) is 23.1 Å². The summed E-state index contributed by atoms with van der Waals surface area (Å²) in [5.74, 6) is -2.62. The SMILES string of the molecule is O=C1CCC(N2Cc3cc(C4CCN(CC5CCN(c6ccc(-c7cnc8[nH]cc(C(=O)c9c(F)ccc(NS(=O)(=O)N%10CC[C@@H](F)C%10)c9F)c8c7)cn6)CC5)CC4)ccc3C2=O)C(=O)N1. The molecular formula is C47H48F3N9O6S. The molecular weight excluding hydrogens is 876 g/mol. The summed E-state index contributed by atoms with van der Waals surface area (Å²) in [5.41, 5.74) is 2.83. The van der Waals surface area contributed by atoms with Gasteiger partial charge in [0.15, 0.2) is 5.82 Å². The van der Waals surface area contributed by atoms with Crippen molar-refractivity contribution in [3.8, 4) is 11.1 Å². The number of likely N-dealkylation sites (tertiary alicyclic amines) is 1. The zero-order valence-electron chi connectivity index (χ0n) is 35.9. The highest BCUT2D eigenvalue weighted by Gasteiger charge is 2.40. The minimum atomic E-state index is -4.36. The maximum Gasteiger partial charge on any atom is 0.301 e. The number of hydrogen-bond acceptors (Lipinski definition) is 10. The van der Waals surface area contributed by atoms with E-state index in [2.05, 4.69) is 37.2 Å². The van der Waals surface area contributed by atoms with E-state index in [4.69, 9.17) is 4.98 Å². The maximum atomic E-state index is 15.8. The van der Waals surface area contributed by atoms with Crippen molar-refractivity contribution in [3.05, 3.63) is 107 Å². The number of amides is 3. The van der Waals surface area contributed by atoms with Gasteiger partial charge in [0.05, 0.1) is 11.3 Å². The van der Waals surface area contributed by atoms with Crippen LogP contribution in [-0.2, 0) is 26.3 Å². The standard InChI is InChI=1S/C47H48F3N9O6S/c48-33-13-18-58(26-33)66(64,65)55-38-5-4-37(49)42(43(38)50)44(61)36-23-53-45-35(36)20-31(22-52-45)30-2-7-40(51-21-30)57-16-9-27(10-17-57)24-56-14-11-28(12-15-56)29-1-3-34-32(19-29)25-59(47(34)63)39-6-8-41(60)54-46(39)62/h1-5,7,19-23,27-28,33,39,55H,6,8-18,24-26H2,(H,52,53)(H,54,60,62)/t33-,39?/m1/s1. The number of carbonyl (C=O) groups is 4. The van der Waals surface area contributed by atoms with E-state index in [1.54, 1.807) is 23.4 Å². The highest BCUT2D eigenvalue weighted by atomic mass is 32.2. The zero-order valence-corrected chi connectivity index (χ0v) is 36.8. The summed E-state index contributed by atoms with van der Waals surface area (Å²) in [4.78, 5) is 69.6. The van der Waals surface area contributed by atoms with Crippen LogP contribution in [0.15, 0.2) is 67.1 Å². The Kier molecular flexibility index (Phi) is 11.6. The fourth-order valence-corrected chi connectivity index (χ4v) is 11.5. The molecule has 3 N–H and O–H groups in total. The third kappa shape index (κ3) is 8.43. The van der Waals surface area contributed by atoms with E-state index in [-0.39, 0.29) is 36.8 Å². The molecule has 344 valence electrons. The first-order valence-electron chi connectivity index (χ1n) is 22.4. The van der Waals surface area contributed by atoms with E-state index >= 15 is 8.78 Å². The largest absolute Gasteiger partial charge is 0.357 e. The molecule has 5 aliphatic heterocycles. The number of hydrogen-bond donors (Lipinski definition) is 3. The summed E-state index contributed by atoms with van der Waals surface area (Å²) in [7, 11) is -4.36. The minimum Gasteiger partial charge on any atom is -0.357 e. The number of anilines is 2. The molecule has 66 heavy (non-hydrogen) atoms. The predicted octanol–water partition coefficient (Wildman–Crippen LogP) is 5.69. The molecule has 0 saturated carbocycles. The number of imide groups is 1. The molecule has 0 spiro atoms. The van der Waals surface area contributed by atoms with Crippen LogP contribution in [0.2, 0.25) is 0 Å². The smallest absolute Gasteiger partial charge is 0.301 e. The number of nitrogens with zero attached hydrogens (tertiary/aromatic N) is 6. The van der Waals surface area contributed by atoms with Gasteiger partial charge in [-0.05, 0) is 111 Å². The molecule has 4 saturated heterocycles. The number of benzene rings is 2. The second-order valence-corrected chi connectivity index (χ2v) is 19.7. The van der Waals surface area contributed by atoms with Gasteiger partial charge in [-0.1, -0.05) is 12.1 Å². The fourth-order valence-electron chi connectivity index (χ4n) is 10.2. The van der Waals surface area contributed by atoms with Crippen molar-refractivity contribution in [1.29, 1.82) is 0 Å². The number of piperidine rings is 3. The van der Waals surface area contributed by atoms with E-state index in [1.807, 2.05) is 22.9 Å². The van der Waals surface area contributed by atoms with Gasteiger partial charge >= 0.3 is 10.2 Å². The quantitative estimate of drug-likeness (QED) is 0.110. The van der Waals surface area contributed by atoms with Gasteiger partial charge in [0.2, 0.25) is 17.6 Å². The molecule has 3 amide bonds. The molecule has 15 nitrogen and oxygen atoms in total. The average molecular weight is 924 g/mol. The van der Waals surface area contributed by atoms with Crippen LogP contribution in [0, 0.1) is 17.6 Å². The molecule has 0 aliphatic carbocycles. The van der Waals surface area contributed by atoms with Crippen molar-refractivity contribution in [2.45, 2.75) is 69.6 Å². The molecule has 5 aliphatic rings. The number of ketones is 1. The van der Waals surface area contributed by atoms with Crippen LogP contribution < -0.4 is 14.9 Å². The first kappa shape index (κ1) is 43.7. The van der Waals surface area contributed by atoms with Crippen molar-refractivity contribution < 1.29 is 40.8 Å². The van der Waals surface area contributed by atoms with Gasteiger partial charge in [-0.2, -0.15) is 12.7 Å². The number of fused-ring (bicyclic) bond motifs is 2. The zero-order chi connectivity index (χ0) is 45.9. The normalized spacial score (nSPS) is 21.5. The Morgan fingerprint density at radius 3 is 2.38 bits per heavy atom. The monoisotopic (exact) mass is 923 g/mol. The summed E-state index contributed by atoms with van der Waals surface area (Å²) < 4.78 is 73.1. The Labute approximate surface area is 378 Å². The summed E-state index contributed by atoms with van der Waals surface area (Å²) >= 11 is 0. The number of aromatic nitrogens is 3. The molecule has 0 radical (unpaired) electrons. The van der Waals surface area contributed by atoms with Crippen LogP contribution >= 0.6 is 0 Å². The van der Waals surface area contributed by atoms with Crippen LogP contribution in [-0.4, -0.2) is 119 Å².